The summed E-state index contributed by atoms with van der Waals surface area (Å²) in [6.07, 6.45) is 1.80. The maximum Gasteiger partial charge on any atom is 0.276 e. The van der Waals surface area contributed by atoms with E-state index in [1.54, 1.807) is 29.5 Å². The first-order chi connectivity index (χ1) is 8.95. The van der Waals surface area contributed by atoms with Crippen LogP contribution in [0.1, 0.15) is 9.88 Å². The van der Waals surface area contributed by atoms with E-state index in [0.29, 0.717) is 25.8 Å². The van der Waals surface area contributed by atoms with Crippen molar-refractivity contribution in [3.63, 3.8) is 0 Å². The minimum atomic E-state index is -0.651. The van der Waals surface area contributed by atoms with E-state index in [2.05, 4.69) is 15.0 Å². The summed E-state index contributed by atoms with van der Waals surface area (Å²) in [5, 5.41) is 14.5. The second-order valence-corrected chi connectivity index (χ2v) is 5.84. The topological polar surface area (TPSA) is 78.1 Å². The standard InChI is InChI=1S/C10H16N6O2S/c1-8-11-4-9(19-8)5-15-7-13(2)6-14(3)10(15)12-16(17)18/h4H,5-7H2,1-3H3/b12-10+. The molecule has 1 saturated heterocycles. The number of rotatable bonds is 3. The minimum absolute atomic E-state index is 0.383. The van der Waals surface area contributed by atoms with Crippen molar-refractivity contribution >= 4 is 17.3 Å². The molecule has 0 unspecified atom stereocenters. The molecular weight excluding hydrogens is 268 g/mol. The highest BCUT2D eigenvalue weighted by molar-refractivity contribution is 7.11. The molecule has 9 heteroatoms. The fourth-order valence-corrected chi connectivity index (χ4v) is 2.88. The van der Waals surface area contributed by atoms with E-state index in [1.165, 1.54) is 0 Å². The second-order valence-electron chi connectivity index (χ2n) is 4.52. The molecule has 0 saturated carbocycles. The largest absolute Gasteiger partial charge is 0.328 e. The Morgan fingerprint density at radius 3 is 2.84 bits per heavy atom. The van der Waals surface area contributed by atoms with E-state index in [0.717, 1.165) is 9.88 Å². The van der Waals surface area contributed by atoms with E-state index in [1.807, 2.05) is 18.9 Å². The molecule has 104 valence electrons. The molecule has 2 heterocycles. The smallest absolute Gasteiger partial charge is 0.276 e. The third-order valence-corrected chi connectivity index (χ3v) is 3.57. The zero-order chi connectivity index (χ0) is 14.0. The van der Waals surface area contributed by atoms with Crippen LogP contribution in [0.5, 0.6) is 0 Å². The summed E-state index contributed by atoms with van der Waals surface area (Å²) in [5.74, 6) is 0.383. The van der Waals surface area contributed by atoms with Crippen molar-refractivity contribution in [1.82, 2.24) is 19.7 Å². The number of thiazole rings is 1. The Morgan fingerprint density at radius 2 is 2.26 bits per heavy atom. The van der Waals surface area contributed by atoms with E-state index < -0.39 is 5.03 Å². The average Bonchev–Trinajstić information content (AvgIpc) is 2.69. The number of guanidine groups is 1. The Labute approximate surface area is 115 Å². The highest BCUT2D eigenvalue weighted by atomic mass is 32.1. The van der Waals surface area contributed by atoms with Crippen LogP contribution in [0.3, 0.4) is 0 Å². The van der Waals surface area contributed by atoms with E-state index in [4.69, 9.17) is 0 Å². The van der Waals surface area contributed by atoms with E-state index in [9.17, 15) is 10.1 Å². The predicted molar refractivity (Wildman–Crippen MR) is 72.1 cm³/mol. The van der Waals surface area contributed by atoms with Gasteiger partial charge in [-0.1, -0.05) is 0 Å². The average molecular weight is 284 g/mol. The van der Waals surface area contributed by atoms with Gasteiger partial charge in [-0.2, -0.15) is 0 Å². The number of hydrazone groups is 1. The number of aryl methyl sites for hydroxylation is 1. The Hall–Kier alpha value is -1.74. The summed E-state index contributed by atoms with van der Waals surface area (Å²) in [6, 6.07) is 0. The van der Waals surface area contributed by atoms with Crippen LogP contribution in [0.2, 0.25) is 0 Å². The van der Waals surface area contributed by atoms with Crippen molar-refractivity contribution in [2.75, 3.05) is 27.4 Å². The fourth-order valence-electron chi connectivity index (χ4n) is 2.07. The van der Waals surface area contributed by atoms with Gasteiger partial charge < -0.3 is 9.80 Å². The molecule has 0 aromatic carbocycles. The second kappa shape index (κ2) is 5.49. The van der Waals surface area contributed by atoms with Crippen LogP contribution in [-0.4, -0.2) is 58.1 Å². The summed E-state index contributed by atoms with van der Waals surface area (Å²) >= 11 is 1.59. The van der Waals surface area contributed by atoms with E-state index >= 15 is 0 Å². The Bertz CT molecular complexity index is 502. The van der Waals surface area contributed by atoms with Gasteiger partial charge in [-0.15, -0.1) is 11.3 Å². The molecule has 19 heavy (non-hydrogen) atoms. The van der Waals surface area contributed by atoms with Crippen LogP contribution >= 0.6 is 11.3 Å². The van der Waals surface area contributed by atoms with Crippen molar-refractivity contribution in [2.24, 2.45) is 5.10 Å². The summed E-state index contributed by atoms with van der Waals surface area (Å²) < 4.78 is 0. The van der Waals surface area contributed by atoms with Gasteiger partial charge in [-0.25, -0.2) is 15.1 Å². The van der Waals surface area contributed by atoms with Gasteiger partial charge in [-0.3, -0.25) is 4.90 Å². The first-order valence-corrected chi connectivity index (χ1v) is 6.56. The Kier molecular flexibility index (Phi) is 3.96. The van der Waals surface area contributed by atoms with Crippen LogP contribution in [0.4, 0.5) is 0 Å². The number of aromatic nitrogens is 1. The van der Waals surface area contributed by atoms with Crippen LogP contribution in [0, 0.1) is 17.0 Å². The molecule has 1 aliphatic rings. The first kappa shape index (κ1) is 13.7. The summed E-state index contributed by atoms with van der Waals surface area (Å²) in [4.78, 5) is 21.6. The summed E-state index contributed by atoms with van der Waals surface area (Å²) in [7, 11) is 3.76. The number of nitrogens with zero attached hydrogens (tertiary/aromatic N) is 6. The van der Waals surface area contributed by atoms with Gasteiger partial charge in [-0.05, 0) is 14.0 Å². The summed E-state index contributed by atoms with van der Waals surface area (Å²) in [6.45, 7) is 3.74. The lowest BCUT2D eigenvalue weighted by atomic mass is 10.4. The van der Waals surface area contributed by atoms with Crippen molar-refractivity contribution in [2.45, 2.75) is 13.5 Å². The molecule has 0 amide bonds. The molecule has 0 bridgehead atoms. The molecule has 1 fully saturated rings. The molecule has 8 nitrogen and oxygen atoms in total. The number of hydrogen-bond acceptors (Lipinski definition) is 5. The molecule has 0 radical (unpaired) electrons. The highest BCUT2D eigenvalue weighted by Crippen LogP contribution is 2.17. The quantitative estimate of drug-likeness (QED) is 0.597. The molecule has 1 aromatic heterocycles. The van der Waals surface area contributed by atoms with Crippen molar-refractivity contribution in [3.8, 4) is 0 Å². The van der Waals surface area contributed by atoms with Gasteiger partial charge in [0.1, 0.15) is 5.10 Å². The third kappa shape index (κ3) is 3.38. The lowest BCUT2D eigenvalue weighted by Gasteiger charge is -2.39. The Morgan fingerprint density at radius 1 is 1.53 bits per heavy atom. The molecule has 1 aromatic rings. The van der Waals surface area contributed by atoms with Gasteiger partial charge in [0.15, 0.2) is 5.03 Å². The zero-order valence-corrected chi connectivity index (χ0v) is 11.9. The molecular formula is C10H16N6O2S. The predicted octanol–water partition coefficient (Wildman–Crippen LogP) is 0.593. The SMILES string of the molecule is Cc1ncc(CN2CN(C)CN(C)/C2=N\[N+](=O)[O-])s1. The molecule has 0 N–H and O–H groups in total. The van der Waals surface area contributed by atoms with E-state index in [-0.39, 0.29) is 0 Å². The van der Waals surface area contributed by atoms with Crippen LogP contribution < -0.4 is 0 Å². The third-order valence-electron chi connectivity index (χ3n) is 2.68. The first-order valence-electron chi connectivity index (χ1n) is 5.74. The van der Waals surface area contributed by atoms with Crippen molar-refractivity contribution in [3.05, 3.63) is 26.2 Å². The zero-order valence-electron chi connectivity index (χ0n) is 11.1. The normalized spacial score (nSPS) is 19.2. The van der Waals surface area contributed by atoms with Crippen LogP contribution in [0.25, 0.3) is 0 Å². The number of nitro groups is 1. The van der Waals surface area contributed by atoms with Gasteiger partial charge in [0, 0.05) is 18.1 Å². The minimum Gasteiger partial charge on any atom is -0.328 e. The monoisotopic (exact) mass is 284 g/mol. The lowest BCUT2D eigenvalue weighted by Crippen LogP contribution is -2.55. The van der Waals surface area contributed by atoms with Gasteiger partial charge >= 0.3 is 0 Å². The number of hydrogen-bond donors (Lipinski definition) is 0. The van der Waals surface area contributed by atoms with Crippen LogP contribution in [-0.2, 0) is 6.54 Å². The van der Waals surface area contributed by atoms with Gasteiger partial charge in [0.2, 0.25) is 0 Å². The maximum atomic E-state index is 10.6. The molecule has 0 aliphatic carbocycles. The Balaban J connectivity index is 2.20. The molecule has 0 atom stereocenters. The molecule has 0 spiro atoms. The van der Waals surface area contributed by atoms with Crippen LogP contribution in [0.15, 0.2) is 11.3 Å². The molecule has 1 aliphatic heterocycles. The fraction of sp³-hybridized carbons (Fsp3) is 0.600. The van der Waals surface area contributed by atoms with Crippen molar-refractivity contribution < 1.29 is 5.03 Å². The highest BCUT2D eigenvalue weighted by Gasteiger charge is 2.27. The van der Waals surface area contributed by atoms with Gasteiger partial charge in [0.05, 0.1) is 24.9 Å². The summed E-state index contributed by atoms with van der Waals surface area (Å²) in [5.41, 5.74) is 0. The lowest BCUT2D eigenvalue weighted by molar-refractivity contribution is -0.486. The van der Waals surface area contributed by atoms with Crippen molar-refractivity contribution in [1.29, 1.82) is 0 Å². The maximum absolute atomic E-state index is 10.6. The molecule has 2 rings (SSSR count). The van der Waals surface area contributed by atoms with Gasteiger partial charge in [0.25, 0.3) is 5.96 Å².